The van der Waals surface area contributed by atoms with Gasteiger partial charge in [0.2, 0.25) is 10.0 Å². The zero-order valence-corrected chi connectivity index (χ0v) is 11.8. The van der Waals surface area contributed by atoms with Gasteiger partial charge in [0.25, 0.3) is 0 Å². The number of carboxylic acids is 1. The summed E-state index contributed by atoms with van der Waals surface area (Å²) >= 11 is 5.68. The van der Waals surface area contributed by atoms with Gasteiger partial charge in [-0.25, -0.2) is 22.9 Å². The number of hydrogen-bond acceptors (Lipinski definition) is 5. The van der Waals surface area contributed by atoms with Crippen LogP contribution in [-0.2, 0) is 10.0 Å². The minimum absolute atomic E-state index is 0.0339. The Hall–Kier alpha value is -1.38. The average Bonchev–Trinajstić information content (AvgIpc) is 2.29. The fourth-order valence-corrected chi connectivity index (χ4v) is 1.96. The second kappa shape index (κ2) is 6.69. The molecule has 0 atom stereocenters. The summed E-state index contributed by atoms with van der Waals surface area (Å²) in [5, 5.41) is 11.8. The Labute approximate surface area is 116 Å². The molecular formula is C10H14ClN3O4S. The lowest BCUT2D eigenvalue weighted by molar-refractivity contribution is 0.0697. The molecule has 0 unspecified atom stereocenters. The molecule has 0 spiro atoms. The fraction of sp³-hybridized carbons (Fsp3) is 0.400. The summed E-state index contributed by atoms with van der Waals surface area (Å²) in [6.45, 7) is 0.751. The van der Waals surface area contributed by atoms with Crippen LogP contribution in [0, 0.1) is 0 Å². The molecule has 0 amide bonds. The van der Waals surface area contributed by atoms with Crippen molar-refractivity contribution >= 4 is 33.4 Å². The highest BCUT2D eigenvalue weighted by Gasteiger charge is 2.10. The predicted molar refractivity (Wildman–Crippen MR) is 72.2 cm³/mol. The van der Waals surface area contributed by atoms with Crippen molar-refractivity contribution < 1.29 is 18.3 Å². The number of carbonyl (C=O) groups is 1. The third-order valence-corrected chi connectivity index (χ3v) is 3.14. The monoisotopic (exact) mass is 307 g/mol. The maximum Gasteiger partial charge on any atom is 0.337 e. The second-order valence-electron chi connectivity index (χ2n) is 3.80. The third-order valence-electron chi connectivity index (χ3n) is 2.11. The molecule has 0 saturated carbocycles. The predicted octanol–water partition coefficient (Wildman–Crippen LogP) is 0.784. The van der Waals surface area contributed by atoms with Gasteiger partial charge >= 0.3 is 5.97 Å². The number of sulfonamides is 1. The number of nitrogens with zero attached hydrogens (tertiary/aromatic N) is 1. The van der Waals surface area contributed by atoms with E-state index in [-0.39, 0.29) is 10.6 Å². The Morgan fingerprint density at radius 2 is 2.16 bits per heavy atom. The Morgan fingerprint density at radius 3 is 2.74 bits per heavy atom. The molecule has 0 bridgehead atoms. The molecule has 1 aromatic heterocycles. The summed E-state index contributed by atoms with van der Waals surface area (Å²) < 4.78 is 23.9. The van der Waals surface area contributed by atoms with Crippen molar-refractivity contribution in [3.8, 4) is 0 Å². The van der Waals surface area contributed by atoms with Crippen molar-refractivity contribution in [1.82, 2.24) is 9.71 Å². The highest BCUT2D eigenvalue weighted by atomic mass is 35.5. The van der Waals surface area contributed by atoms with Gasteiger partial charge in [-0.15, -0.1) is 0 Å². The number of halogens is 1. The molecule has 3 N–H and O–H groups in total. The molecule has 0 radical (unpaired) electrons. The third kappa shape index (κ3) is 5.86. The Bertz CT molecular complexity index is 562. The Morgan fingerprint density at radius 1 is 1.47 bits per heavy atom. The first kappa shape index (κ1) is 15.7. The number of carboxylic acid groups (broad SMARTS) is 1. The van der Waals surface area contributed by atoms with Crippen LogP contribution < -0.4 is 10.0 Å². The number of anilines is 1. The SMILES string of the molecule is CS(=O)(=O)NCCCNc1cc(C(=O)O)c(Cl)cn1. The number of hydrogen-bond donors (Lipinski definition) is 3. The van der Waals surface area contributed by atoms with Gasteiger partial charge in [-0.1, -0.05) is 11.6 Å². The van der Waals surface area contributed by atoms with Crippen LogP contribution in [0.5, 0.6) is 0 Å². The fourth-order valence-electron chi connectivity index (χ4n) is 1.26. The first-order chi connectivity index (χ1) is 8.79. The van der Waals surface area contributed by atoms with Gasteiger partial charge in [0, 0.05) is 19.3 Å². The van der Waals surface area contributed by atoms with Crippen LogP contribution in [0.25, 0.3) is 0 Å². The normalized spacial score (nSPS) is 11.3. The molecular weight excluding hydrogens is 294 g/mol. The van der Waals surface area contributed by atoms with Crippen LogP contribution in [0.3, 0.4) is 0 Å². The van der Waals surface area contributed by atoms with Crippen LogP contribution in [0.1, 0.15) is 16.8 Å². The van der Waals surface area contributed by atoms with Crippen molar-refractivity contribution in [3.63, 3.8) is 0 Å². The number of aromatic carboxylic acids is 1. The molecule has 0 saturated heterocycles. The molecule has 7 nitrogen and oxygen atoms in total. The molecule has 19 heavy (non-hydrogen) atoms. The van der Waals surface area contributed by atoms with Crippen LogP contribution in [0.2, 0.25) is 5.02 Å². The van der Waals surface area contributed by atoms with Gasteiger partial charge in [0.15, 0.2) is 0 Å². The molecule has 9 heteroatoms. The van der Waals surface area contributed by atoms with Crippen molar-refractivity contribution in [2.45, 2.75) is 6.42 Å². The van der Waals surface area contributed by atoms with Crippen LogP contribution in [0.4, 0.5) is 5.82 Å². The summed E-state index contributed by atoms with van der Waals surface area (Å²) in [4.78, 5) is 14.8. The summed E-state index contributed by atoms with van der Waals surface area (Å²) in [6.07, 6.45) is 2.88. The molecule has 0 aliphatic heterocycles. The van der Waals surface area contributed by atoms with E-state index in [0.717, 1.165) is 6.26 Å². The van der Waals surface area contributed by atoms with Gasteiger partial charge in [0.1, 0.15) is 5.82 Å². The summed E-state index contributed by atoms with van der Waals surface area (Å²) in [7, 11) is -3.18. The van der Waals surface area contributed by atoms with E-state index in [0.29, 0.717) is 25.3 Å². The van der Waals surface area contributed by atoms with Crippen LogP contribution in [0.15, 0.2) is 12.3 Å². The van der Waals surface area contributed by atoms with Gasteiger partial charge in [-0.2, -0.15) is 0 Å². The largest absolute Gasteiger partial charge is 0.478 e. The van der Waals surface area contributed by atoms with E-state index in [1.165, 1.54) is 12.3 Å². The minimum atomic E-state index is -3.18. The molecule has 0 aliphatic carbocycles. The lowest BCUT2D eigenvalue weighted by atomic mass is 10.2. The van der Waals surface area contributed by atoms with E-state index in [9.17, 15) is 13.2 Å². The van der Waals surface area contributed by atoms with Crippen molar-refractivity contribution in [2.75, 3.05) is 24.7 Å². The Balaban J connectivity index is 2.46. The summed E-state index contributed by atoms with van der Waals surface area (Å²) in [5.41, 5.74) is -0.0339. The number of rotatable bonds is 7. The molecule has 0 aliphatic rings. The maximum atomic E-state index is 10.8. The first-order valence-corrected chi connectivity index (χ1v) is 7.64. The number of aromatic nitrogens is 1. The lowest BCUT2D eigenvalue weighted by Crippen LogP contribution is -2.24. The van der Waals surface area contributed by atoms with E-state index < -0.39 is 16.0 Å². The zero-order chi connectivity index (χ0) is 14.5. The quantitative estimate of drug-likeness (QED) is 0.643. The van der Waals surface area contributed by atoms with Crippen LogP contribution >= 0.6 is 11.6 Å². The van der Waals surface area contributed by atoms with Gasteiger partial charge < -0.3 is 10.4 Å². The van der Waals surface area contributed by atoms with E-state index >= 15 is 0 Å². The first-order valence-electron chi connectivity index (χ1n) is 5.37. The molecule has 0 fully saturated rings. The zero-order valence-electron chi connectivity index (χ0n) is 10.2. The average molecular weight is 308 g/mol. The van der Waals surface area contributed by atoms with Crippen LogP contribution in [-0.4, -0.2) is 43.8 Å². The molecule has 1 aromatic rings. The lowest BCUT2D eigenvalue weighted by Gasteiger charge is -2.07. The van der Waals surface area contributed by atoms with Crippen molar-refractivity contribution in [2.24, 2.45) is 0 Å². The van der Waals surface area contributed by atoms with E-state index in [4.69, 9.17) is 16.7 Å². The molecule has 1 heterocycles. The standard InChI is InChI=1S/C10H14ClN3O4S/c1-19(17,18)14-4-2-3-12-9-5-7(10(15)16)8(11)6-13-9/h5-6,14H,2-4H2,1H3,(H,12,13)(H,15,16). The van der Waals surface area contributed by atoms with Gasteiger partial charge in [0.05, 0.1) is 16.8 Å². The van der Waals surface area contributed by atoms with E-state index in [1.54, 1.807) is 0 Å². The number of nitrogens with one attached hydrogen (secondary N) is 2. The Kier molecular flexibility index (Phi) is 5.52. The van der Waals surface area contributed by atoms with Crippen molar-refractivity contribution in [1.29, 1.82) is 0 Å². The van der Waals surface area contributed by atoms with Crippen molar-refractivity contribution in [3.05, 3.63) is 22.8 Å². The molecule has 106 valence electrons. The minimum Gasteiger partial charge on any atom is -0.478 e. The molecule has 0 aromatic carbocycles. The second-order valence-corrected chi connectivity index (χ2v) is 6.04. The van der Waals surface area contributed by atoms with Gasteiger partial charge in [-0.3, -0.25) is 0 Å². The summed E-state index contributed by atoms with van der Waals surface area (Å²) in [6, 6.07) is 1.33. The summed E-state index contributed by atoms with van der Waals surface area (Å²) in [5.74, 6) is -0.754. The molecule has 1 rings (SSSR count). The topological polar surface area (TPSA) is 108 Å². The highest BCUT2D eigenvalue weighted by molar-refractivity contribution is 7.88. The highest BCUT2D eigenvalue weighted by Crippen LogP contribution is 2.17. The van der Waals surface area contributed by atoms with E-state index in [1.807, 2.05) is 0 Å². The smallest absolute Gasteiger partial charge is 0.337 e. The van der Waals surface area contributed by atoms with Gasteiger partial charge in [-0.05, 0) is 12.5 Å². The maximum absolute atomic E-state index is 10.8. The number of pyridine rings is 1. The van der Waals surface area contributed by atoms with E-state index in [2.05, 4.69) is 15.0 Å².